The van der Waals surface area contributed by atoms with Gasteiger partial charge in [0.05, 0.1) is 12.5 Å². The zero-order chi connectivity index (χ0) is 38.0. The Labute approximate surface area is 291 Å². The first kappa shape index (κ1) is 43.1. The Morgan fingerprint density at radius 1 is 0.780 bits per heavy atom. The Balaban J connectivity index is 3.11. The van der Waals surface area contributed by atoms with E-state index in [2.05, 4.69) is 26.3 Å². The van der Waals surface area contributed by atoms with Gasteiger partial charge in [-0.2, -0.15) is 0 Å². The third-order valence-corrected chi connectivity index (χ3v) is 7.53. The summed E-state index contributed by atoms with van der Waals surface area (Å²) in [5.41, 5.74) is 17.1. The summed E-state index contributed by atoms with van der Waals surface area (Å²) in [6.07, 6.45) is 0.942. The van der Waals surface area contributed by atoms with Gasteiger partial charge >= 0.3 is 11.9 Å². The van der Waals surface area contributed by atoms with Crippen LogP contribution in [0.4, 0.5) is 0 Å². The van der Waals surface area contributed by atoms with Crippen LogP contribution in [0, 0.1) is 5.92 Å². The van der Waals surface area contributed by atoms with Crippen molar-refractivity contribution in [3.63, 3.8) is 0 Å². The maximum Gasteiger partial charge on any atom is 0.326 e. The Morgan fingerprint density at radius 3 is 1.90 bits per heavy atom. The second-order valence-electron chi connectivity index (χ2n) is 12.6. The summed E-state index contributed by atoms with van der Waals surface area (Å²) in [6, 6.07) is -0.796. The van der Waals surface area contributed by atoms with E-state index in [0.717, 1.165) is 0 Å². The van der Waals surface area contributed by atoms with E-state index >= 15 is 0 Å². The summed E-state index contributed by atoms with van der Waals surface area (Å²) in [7, 11) is 3.76. The minimum Gasteiger partial charge on any atom is -0.508 e. The molecule has 0 aliphatic rings. The molecule has 1 aromatic carbocycles. The fourth-order valence-electron chi connectivity index (χ4n) is 4.75. The van der Waals surface area contributed by atoms with Gasteiger partial charge in [0.1, 0.15) is 29.9 Å². The van der Waals surface area contributed by atoms with Crippen LogP contribution in [0.3, 0.4) is 0 Å². The summed E-state index contributed by atoms with van der Waals surface area (Å²) in [5, 5.41) is 38.6. The van der Waals surface area contributed by atoms with Crippen molar-refractivity contribution in [3.8, 4) is 5.75 Å². The maximum atomic E-state index is 13.5. The van der Waals surface area contributed by atoms with Crippen LogP contribution in [0.5, 0.6) is 5.75 Å². The van der Waals surface area contributed by atoms with Crippen LogP contribution in [0.2, 0.25) is 0 Å². The molecule has 18 heteroatoms. The zero-order valence-electron chi connectivity index (χ0n) is 29.1. The number of guanidine groups is 1. The van der Waals surface area contributed by atoms with Gasteiger partial charge in [-0.25, -0.2) is 4.79 Å². The highest BCUT2D eigenvalue weighted by atomic mass is 16.4. The van der Waals surface area contributed by atoms with Crippen LogP contribution < -0.4 is 38.5 Å². The van der Waals surface area contributed by atoms with Crippen molar-refractivity contribution in [3.05, 3.63) is 29.8 Å². The smallest absolute Gasteiger partial charge is 0.326 e. The van der Waals surface area contributed by atoms with Crippen LogP contribution in [0.15, 0.2) is 29.3 Å². The lowest BCUT2D eigenvalue weighted by Crippen LogP contribution is -2.59. The van der Waals surface area contributed by atoms with Crippen LogP contribution >= 0.6 is 0 Å². The molecule has 5 atom stereocenters. The van der Waals surface area contributed by atoms with Gasteiger partial charge in [0, 0.05) is 13.0 Å². The van der Waals surface area contributed by atoms with E-state index in [4.69, 9.17) is 17.2 Å². The molecule has 0 unspecified atom stereocenters. The highest BCUT2D eigenvalue weighted by Gasteiger charge is 2.34. The SMILES string of the molecule is CC(C)[C@H](NC(=O)[C@H](CC(=O)O)NC(=O)[C@H](CCCCN(C)C)NC(=O)[C@@H](N)CCCN=C(N)N)C(=O)N[C@@H](Cc1ccc(O)cc1)C(=O)O. The van der Waals surface area contributed by atoms with E-state index < -0.39 is 78.1 Å². The summed E-state index contributed by atoms with van der Waals surface area (Å²) < 4.78 is 0. The molecular weight excluding hydrogens is 654 g/mol. The Hall–Kier alpha value is -4.97. The standard InChI is InChI=1S/C32H53N9O9/c1-18(2)26(30(48)39-24(31(49)50)16-19-10-12-20(42)13-11-19)40-29(47)23(17-25(43)44)38-28(46)22(9-5-6-15-41(3)4)37-27(45)21(33)8-7-14-36-32(34)35/h10-13,18,21-24,26,42H,5-9,14-17,33H2,1-4H3,(H,37,45)(H,38,46)(H,39,48)(H,40,47)(H,43,44)(H,49,50)(H4,34,35,36)/t21-,22-,23-,24-,26-/m0/s1. The van der Waals surface area contributed by atoms with Gasteiger partial charge in [-0.3, -0.25) is 29.0 Å². The average molecular weight is 708 g/mol. The number of nitrogens with zero attached hydrogens (tertiary/aromatic N) is 2. The normalized spacial score (nSPS) is 14.1. The van der Waals surface area contributed by atoms with Crippen molar-refractivity contribution in [2.75, 3.05) is 27.2 Å². The molecule has 0 saturated carbocycles. The molecule has 18 nitrogen and oxygen atoms in total. The molecule has 0 aromatic heterocycles. The maximum absolute atomic E-state index is 13.5. The predicted octanol–water partition coefficient (Wildman–Crippen LogP) is -1.80. The molecule has 0 heterocycles. The number of hydrogen-bond acceptors (Lipinski definition) is 10. The number of carboxylic acid groups (broad SMARTS) is 2. The largest absolute Gasteiger partial charge is 0.508 e. The van der Waals surface area contributed by atoms with Crippen molar-refractivity contribution in [2.45, 2.75) is 89.0 Å². The lowest BCUT2D eigenvalue weighted by molar-refractivity contribution is -0.143. The number of aromatic hydroxyl groups is 1. The van der Waals surface area contributed by atoms with E-state index in [1.165, 1.54) is 24.3 Å². The number of aliphatic carboxylic acids is 2. The van der Waals surface area contributed by atoms with Crippen LogP contribution in [-0.2, 0) is 35.2 Å². The minimum atomic E-state index is -1.66. The molecular formula is C32H53N9O9. The summed E-state index contributed by atoms with van der Waals surface area (Å²) in [4.78, 5) is 82.5. The average Bonchev–Trinajstić information content (AvgIpc) is 3.02. The molecule has 0 aliphatic carbocycles. The Bertz CT molecular complexity index is 1320. The third kappa shape index (κ3) is 16.9. The van der Waals surface area contributed by atoms with Crippen molar-refractivity contribution in [2.24, 2.45) is 28.1 Å². The highest BCUT2D eigenvalue weighted by molar-refractivity contribution is 5.96. The molecule has 1 aromatic rings. The van der Waals surface area contributed by atoms with Gasteiger partial charge < -0.3 is 58.7 Å². The number of phenolic OH excluding ortho intramolecular Hbond substituents is 1. The van der Waals surface area contributed by atoms with Crippen LogP contribution in [-0.4, -0.2) is 119 Å². The lowest BCUT2D eigenvalue weighted by atomic mass is 10.0. The lowest BCUT2D eigenvalue weighted by Gasteiger charge is -2.27. The van der Waals surface area contributed by atoms with Crippen molar-refractivity contribution in [1.82, 2.24) is 26.2 Å². The van der Waals surface area contributed by atoms with Gasteiger partial charge in [-0.05, 0) is 76.4 Å². The first-order valence-corrected chi connectivity index (χ1v) is 16.3. The first-order chi connectivity index (χ1) is 23.4. The number of hydrogen-bond donors (Lipinski definition) is 10. The van der Waals surface area contributed by atoms with Gasteiger partial charge in [0.15, 0.2) is 5.96 Å². The molecule has 0 aliphatic heterocycles. The number of carbonyl (C=O) groups excluding carboxylic acids is 4. The van der Waals surface area contributed by atoms with Crippen molar-refractivity contribution >= 4 is 41.5 Å². The second-order valence-corrected chi connectivity index (χ2v) is 12.6. The van der Waals surface area contributed by atoms with Gasteiger partial charge in [-0.15, -0.1) is 0 Å². The van der Waals surface area contributed by atoms with E-state index in [9.17, 15) is 44.1 Å². The molecule has 0 saturated heterocycles. The minimum absolute atomic E-state index is 0.0205. The number of rotatable bonds is 23. The van der Waals surface area contributed by atoms with Crippen LogP contribution in [0.25, 0.3) is 0 Å². The third-order valence-electron chi connectivity index (χ3n) is 7.53. The zero-order valence-corrected chi connectivity index (χ0v) is 29.1. The Morgan fingerprint density at radius 2 is 1.36 bits per heavy atom. The topological polar surface area (TPSA) is 305 Å². The monoisotopic (exact) mass is 707 g/mol. The van der Waals surface area contributed by atoms with E-state index in [1.54, 1.807) is 13.8 Å². The quantitative estimate of drug-likeness (QED) is 0.0342. The number of aliphatic imine (C=N–C) groups is 1. The molecule has 280 valence electrons. The summed E-state index contributed by atoms with van der Waals surface area (Å²) >= 11 is 0. The number of carboxylic acids is 2. The van der Waals surface area contributed by atoms with Gasteiger partial charge in [-0.1, -0.05) is 26.0 Å². The molecule has 0 radical (unpaired) electrons. The molecule has 50 heavy (non-hydrogen) atoms. The molecule has 0 bridgehead atoms. The molecule has 1 rings (SSSR count). The number of benzene rings is 1. The van der Waals surface area contributed by atoms with Gasteiger partial charge in [0.25, 0.3) is 0 Å². The summed E-state index contributed by atoms with van der Waals surface area (Å²) in [5.74, 6) is -6.80. The molecule has 0 spiro atoms. The number of amides is 4. The fraction of sp³-hybridized carbons (Fsp3) is 0.594. The fourth-order valence-corrected chi connectivity index (χ4v) is 4.75. The molecule has 0 fully saturated rings. The Kier molecular flexibility index (Phi) is 18.8. The van der Waals surface area contributed by atoms with Crippen molar-refractivity contribution in [1.29, 1.82) is 0 Å². The highest BCUT2D eigenvalue weighted by Crippen LogP contribution is 2.13. The number of phenols is 1. The predicted molar refractivity (Wildman–Crippen MR) is 185 cm³/mol. The summed E-state index contributed by atoms with van der Waals surface area (Å²) in [6.45, 7) is 4.12. The van der Waals surface area contributed by atoms with Crippen LogP contribution in [0.1, 0.15) is 57.9 Å². The van der Waals surface area contributed by atoms with E-state index in [-0.39, 0.29) is 37.5 Å². The van der Waals surface area contributed by atoms with Crippen molar-refractivity contribution < 1.29 is 44.1 Å². The number of nitrogens with two attached hydrogens (primary N) is 3. The second kappa shape index (κ2) is 21.9. The number of unbranched alkanes of at least 4 members (excludes halogenated alkanes) is 1. The van der Waals surface area contributed by atoms with Gasteiger partial charge in [0.2, 0.25) is 23.6 Å². The van der Waals surface area contributed by atoms with E-state index in [1.807, 2.05) is 19.0 Å². The van der Waals surface area contributed by atoms with E-state index in [0.29, 0.717) is 31.4 Å². The molecule has 4 amide bonds. The number of nitrogens with one attached hydrogen (secondary N) is 4. The molecule has 13 N–H and O–H groups in total. The first-order valence-electron chi connectivity index (χ1n) is 16.3. The number of carbonyl (C=O) groups is 6.